The van der Waals surface area contributed by atoms with E-state index in [1.54, 1.807) is 18.2 Å². The van der Waals surface area contributed by atoms with Crippen LogP contribution in [0.1, 0.15) is 13.8 Å². The van der Waals surface area contributed by atoms with Crippen molar-refractivity contribution < 1.29 is 10.2 Å². The minimum Gasteiger partial charge on any atom is -0.509 e. The Bertz CT molecular complexity index is 319. The second-order valence-electron chi connectivity index (χ2n) is 3.16. The monoisotopic (exact) mass is 206 g/mol. The van der Waals surface area contributed by atoms with Crippen LogP contribution in [0.15, 0.2) is 60.4 Å². The summed E-state index contributed by atoms with van der Waals surface area (Å²) in [4.78, 5) is 0. The lowest BCUT2D eigenvalue weighted by Crippen LogP contribution is -2.09. The van der Waals surface area contributed by atoms with Crippen molar-refractivity contribution in [2.24, 2.45) is 0 Å². The van der Waals surface area contributed by atoms with Gasteiger partial charge in [-0.15, -0.1) is 0 Å². The molecule has 0 heterocycles. The quantitative estimate of drug-likeness (QED) is 0.536. The van der Waals surface area contributed by atoms with Crippen molar-refractivity contribution in [1.29, 1.82) is 0 Å². The molecule has 1 atom stereocenters. The third-order valence-electron chi connectivity index (χ3n) is 1.96. The molecular formula is C13H18O2. The van der Waals surface area contributed by atoms with Crippen LogP contribution in [0.25, 0.3) is 0 Å². The Labute approximate surface area is 91.3 Å². The molecule has 0 spiro atoms. The second kappa shape index (κ2) is 6.85. The second-order valence-corrected chi connectivity index (χ2v) is 3.16. The SMILES string of the molecule is C=C/C(=C\C)C(O)/C(C)=C/C=C\C(=C)O. The Hall–Kier alpha value is -1.54. The molecule has 1 unspecified atom stereocenters. The van der Waals surface area contributed by atoms with E-state index in [0.29, 0.717) is 0 Å². The average molecular weight is 206 g/mol. The molecule has 2 heteroatoms. The number of rotatable bonds is 5. The Balaban J connectivity index is 4.63. The fraction of sp³-hybridized carbons (Fsp3) is 0.231. The highest BCUT2D eigenvalue weighted by Crippen LogP contribution is 2.12. The summed E-state index contributed by atoms with van der Waals surface area (Å²) in [6.45, 7) is 10.6. The van der Waals surface area contributed by atoms with E-state index in [1.165, 1.54) is 6.08 Å². The highest BCUT2D eigenvalue weighted by atomic mass is 16.3. The molecule has 2 N–H and O–H groups in total. The van der Waals surface area contributed by atoms with Crippen molar-refractivity contribution in [3.8, 4) is 0 Å². The topological polar surface area (TPSA) is 40.5 Å². The van der Waals surface area contributed by atoms with Crippen molar-refractivity contribution in [3.63, 3.8) is 0 Å². The molecule has 82 valence electrons. The fourth-order valence-corrected chi connectivity index (χ4v) is 1.05. The van der Waals surface area contributed by atoms with Crippen LogP contribution in [0.4, 0.5) is 0 Å². The van der Waals surface area contributed by atoms with E-state index in [2.05, 4.69) is 13.2 Å². The van der Waals surface area contributed by atoms with Gasteiger partial charge in [0.05, 0.1) is 6.10 Å². The maximum atomic E-state index is 9.82. The van der Waals surface area contributed by atoms with Crippen molar-refractivity contribution in [2.45, 2.75) is 20.0 Å². The summed E-state index contributed by atoms with van der Waals surface area (Å²) in [6, 6.07) is 0. The zero-order chi connectivity index (χ0) is 11.8. The summed E-state index contributed by atoms with van der Waals surface area (Å²) in [5, 5.41) is 18.6. The number of aliphatic hydroxyl groups excluding tert-OH is 2. The van der Waals surface area contributed by atoms with Crippen LogP contribution < -0.4 is 0 Å². The molecule has 0 aliphatic carbocycles. The lowest BCUT2D eigenvalue weighted by Gasteiger charge is -2.11. The summed E-state index contributed by atoms with van der Waals surface area (Å²) in [5.41, 5.74) is 1.54. The molecule has 0 fully saturated rings. The molecule has 0 aromatic rings. The minimum absolute atomic E-state index is 0.0106. The van der Waals surface area contributed by atoms with Gasteiger partial charge in [-0.3, -0.25) is 0 Å². The molecule has 0 aromatic heterocycles. The zero-order valence-electron chi connectivity index (χ0n) is 9.27. The smallest absolute Gasteiger partial charge is 0.108 e. The minimum atomic E-state index is -0.649. The molecular weight excluding hydrogens is 188 g/mol. The molecule has 0 aliphatic heterocycles. The van der Waals surface area contributed by atoms with E-state index in [4.69, 9.17) is 5.11 Å². The van der Waals surface area contributed by atoms with Crippen molar-refractivity contribution in [2.75, 3.05) is 0 Å². The maximum absolute atomic E-state index is 9.82. The van der Waals surface area contributed by atoms with Gasteiger partial charge < -0.3 is 10.2 Å². The molecule has 0 aliphatic rings. The van der Waals surface area contributed by atoms with Crippen molar-refractivity contribution >= 4 is 0 Å². The molecule has 0 radical (unpaired) electrons. The first-order valence-electron chi connectivity index (χ1n) is 4.72. The fourth-order valence-electron chi connectivity index (χ4n) is 1.05. The summed E-state index contributed by atoms with van der Waals surface area (Å²) < 4.78 is 0. The third-order valence-corrected chi connectivity index (χ3v) is 1.96. The highest BCUT2D eigenvalue weighted by molar-refractivity contribution is 5.31. The van der Waals surface area contributed by atoms with E-state index in [1.807, 2.05) is 19.9 Å². The predicted octanol–water partition coefficient (Wildman–Crippen LogP) is 3.05. The van der Waals surface area contributed by atoms with E-state index in [-0.39, 0.29) is 5.76 Å². The lowest BCUT2D eigenvalue weighted by molar-refractivity contribution is 0.250. The van der Waals surface area contributed by atoms with Gasteiger partial charge in [0.1, 0.15) is 5.76 Å². The molecule has 0 saturated carbocycles. The van der Waals surface area contributed by atoms with Gasteiger partial charge in [-0.05, 0) is 31.1 Å². The highest BCUT2D eigenvalue weighted by Gasteiger charge is 2.07. The van der Waals surface area contributed by atoms with E-state index < -0.39 is 6.10 Å². The first-order valence-corrected chi connectivity index (χ1v) is 4.72. The number of allylic oxidation sites excluding steroid dienone is 4. The van der Waals surface area contributed by atoms with Crippen LogP contribution in [0.2, 0.25) is 0 Å². The van der Waals surface area contributed by atoms with E-state index in [9.17, 15) is 5.11 Å². The largest absolute Gasteiger partial charge is 0.509 e. The summed E-state index contributed by atoms with van der Waals surface area (Å²) in [6.07, 6.45) is 7.60. The van der Waals surface area contributed by atoms with Gasteiger partial charge in [0.25, 0.3) is 0 Å². The molecule has 15 heavy (non-hydrogen) atoms. The van der Waals surface area contributed by atoms with Crippen LogP contribution in [-0.4, -0.2) is 16.3 Å². The zero-order valence-corrected chi connectivity index (χ0v) is 9.27. The Morgan fingerprint density at radius 3 is 2.40 bits per heavy atom. The third kappa shape index (κ3) is 5.03. The Morgan fingerprint density at radius 1 is 1.40 bits per heavy atom. The van der Waals surface area contributed by atoms with Crippen LogP contribution in [0.3, 0.4) is 0 Å². The number of hydrogen-bond donors (Lipinski definition) is 2. The van der Waals surface area contributed by atoms with E-state index in [0.717, 1.165) is 11.1 Å². The molecule has 0 amide bonds. The summed E-state index contributed by atoms with van der Waals surface area (Å²) in [7, 11) is 0. The van der Waals surface area contributed by atoms with Gasteiger partial charge in [0.15, 0.2) is 0 Å². The van der Waals surface area contributed by atoms with Crippen molar-refractivity contribution in [3.05, 3.63) is 60.4 Å². The lowest BCUT2D eigenvalue weighted by atomic mass is 10.0. The Morgan fingerprint density at radius 2 is 2.00 bits per heavy atom. The van der Waals surface area contributed by atoms with Crippen molar-refractivity contribution in [1.82, 2.24) is 0 Å². The van der Waals surface area contributed by atoms with Crippen LogP contribution >= 0.6 is 0 Å². The average Bonchev–Trinajstić information content (AvgIpc) is 2.18. The molecule has 0 rings (SSSR count). The number of aliphatic hydroxyl groups is 2. The van der Waals surface area contributed by atoms with Gasteiger partial charge in [-0.1, -0.05) is 37.5 Å². The van der Waals surface area contributed by atoms with Gasteiger partial charge in [0.2, 0.25) is 0 Å². The van der Waals surface area contributed by atoms with Crippen LogP contribution in [0.5, 0.6) is 0 Å². The van der Waals surface area contributed by atoms with Crippen LogP contribution in [-0.2, 0) is 0 Å². The summed E-state index contributed by atoms with van der Waals surface area (Å²) in [5.74, 6) is -0.0106. The standard InChI is InChI=1S/C13H18O2/c1-5-12(6-2)13(15)10(3)8-7-9-11(4)14/h5-9,13-15H,1,4H2,2-3H3/b9-7-,10-8+,12-6+. The van der Waals surface area contributed by atoms with Gasteiger partial charge in [0, 0.05) is 0 Å². The molecule has 0 bridgehead atoms. The normalized spacial score (nSPS) is 15.4. The first-order chi connectivity index (χ1) is 7.02. The number of hydrogen-bond acceptors (Lipinski definition) is 2. The first kappa shape index (κ1) is 13.5. The van der Waals surface area contributed by atoms with Gasteiger partial charge in [-0.25, -0.2) is 0 Å². The van der Waals surface area contributed by atoms with Gasteiger partial charge >= 0.3 is 0 Å². The Kier molecular flexibility index (Phi) is 6.14. The molecule has 0 aromatic carbocycles. The van der Waals surface area contributed by atoms with Crippen LogP contribution in [0, 0.1) is 0 Å². The maximum Gasteiger partial charge on any atom is 0.108 e. The molecule has 2 nitrogen and oxygen atoms in total. The van der Waals surface area contributed by atoms with E-state index >= 15 is 0 Å². The van der Waals surface area contributed by atoms with Gasteiger partial charge in [-0.2, -0.15) is 0 Å². The predicted molar refractivity (Wildman–Crippen MR) is 64.6 cm³/mol. The molecule has 0 saturated heterocycles. The summed E-state index contributed by atoms with van der Waals surface area (Å²) >= 11 is 0.